The fourth-order valence-electron chi connectivity index (χ4n) is 2.10. The minimum Gasteiger partial charge on any atom is -0.486 e. The lowest BCUT2D eigenvalue weighted by atomic mass is 10.1. The van der Waals surface area contributed by atoms with E-state index in [1.54, 1.807) is 24.5 Å². The van der Waals surface area contributed by atoms with Crippen LogP contribution in [0.1, 0.15) is 29.1 Å². The third kappa shape index (κ3) is 2.80. The van der Waals surface area contributed by atoms with Gasteiger partial charge in [-0.2, -0.15) is 0 Å². The first kappa shape index (κ1) is 13.8. The van der Waals surface area contributed by atoms with Crippen LogP contribution in [0.25, 0.3) is 0 Å². The summed E-state index contributed by atoms with van der Waals surface area (Å²) in [6, 6.07) is 2.96. The third-order valence-corrected chi connectivity index (χ3v) is 3.42. The van der Waals surface area contributed by atoms with Crippen molar-refractivity contribution in [3.63, 3.8) is 0 Å². The van der Waals surface area contributed by atoms with E-state index in [0.29, 0.717) is 41.1 Å². The number of H-pyrrole nitrogens is 1. The molecule has 2 aromatic rings. The van der Waals surface area contributed by atoms with Crippen LogP contribution in [-0.4, -0.2) is 29.1 Å². The topological polar surface area (TPSA) is 76.2 Å². The van der Waals surface area contributed by atoms with E-state index < -0.39 is 0 Å². The number of nitrogens with zero attached hydrogens (tertiary/aromatic N) is 1. The van der Waals surface area contributed by atoms with Gasteiger partial charge in [0, 0.05) is 18.0 Å². The summed E-state index contributed by atoms with van der Waals surface area (Å²) in [5.41, 5.74) is 0.419. The maximum Gasteiger partial charge on any atom is 0.252 e. The van der Waals surface area contributed by atoms with Crippen molar-refractivity contribution in [3.8, 4) is 11.5 Å². The number of halogens is 1. The molecule has 1 unspecified atom stereocenters. The average molecular weight is 308 g/mol. The van der Waals surface area contributed by atoms with Gasteiger partial charge in [0.05, 0.1) is 11.1 Å². The maximum atomic E-state index is 12.3. The minimum atomic E-state index is -0.252. The maximum absolute atomic E-state index is 12.3. The first-order valence-electron chi connectivity index (χ1n) is 6.54. The van der Waals surface area contributed by atoms with E-state index in [4.69, 9.17) is 21.1 Å². The first-order chi connectivity index (χ1) is 10.1. The van der Waals surface area contributed by atoms with Crippen LogP contribution in [0.2, 0.25) is 5.02 Å². The van der Waals surface area contributed by atoms with Gasteiger partial charge in [0.1, 0.15) is 19.0 Å². The van der Waals surface area contributed by atoms with Crippen molar-refractivity contribution in [2.45, 2.75) is 13.0 Å². The molecule has 1 aromatic heterocycles. The van der Waals surface area contributed by atoms with Crippen LogP contribution in [-0.2, 0) is 0 Å². The molecule has 7 heteroatoms. The summed E-state index contributed by atoms with van der Waals surface area (Å²) in [4.78, 5) is 19.3. The van der Waals surface area contributed by atoms with Gasteiger partial charge in [-0.1, -0.05) is 11.6 Å². The average Bonchev–Trinajstić information content (AvgIpc) is 3.01. The third-order valence-electron chi connectivity index (χ3n) is 3.14. The molecular formula is C14H14ClN3O3. The summed E-state index contributed by atoms with van der Waals surface area (Å²) >= 11 is 6.12. The Bertz CT molecular complexity index is 658. The number of amides is 1. The molecular weight excluding hydrogens is 294 g/mol. The Balaban J connectivity index is 1.80. The quantitative estimate of drug-likeness (QED) is 0.912. The fourth-order valence-corrected chi connectivity index (χ4v) is 2.37. The number of aromatic nitrogens is 2. The van der Waals surface area contributed by atoms with Crippen LogP contribution < -0.4 is 14.8 Å². The summed E-state index contributed by atoms with van der Waals surface area (Å²) in [6.45, 7) is 2.74. The van der Waals surface area contributed by atoms with E-state index in [0.717, 1.165) is 0 Å². The second-order valence-corrected chi connectivity index (χ2v) is 5.06. The molecule has 2 heterocycles. The van der Waals surface area contributed by atoms with Crippen molar-refractivity contribution in [2.75, 3.05) is 13.2 Å². The van der Waals surface area contributed by atoms with Crippen LogP contribution >= 0.6 is 11.6 Å². The lowest BCUT2D eigenvalue weighted by Crippen LogP contribution is -2.27. The summed E-state index contributed by atoms with van der Waals surface area (Å²) in [5.74, 6) is 1.41. The van der Waals surface area contributed by atoms with Gasteiger partial charge in [0.2, 0.25) is 0 Å². The molecule has 1 aliphatic heterocycles. The summed E-state index contributed by atoms with van der Waals surface area (Å²) in [5, 5.41) is 3.21. The number of carbonyl (C=O) groups is 1. The highest BCUT2D eigenvalue weighted by Gasteiger charge is 2.20. The van der Waals surface area contributed by atoms with Crippen molar-refractivity contribution >= 4 is 17.5 Å². The van der Waals surface area contributed by atoms with Crippen molar-refractivity contribution in [2.24, 2.45) is 0 Å². The van der Waals surface area contributed by atoms with Gasteiger partial charge in [-0.05, 0) is 19.1 Å². The highest BCUT2D eigenvalue weighted by Crippen LogP contribution is 2.38. The number of benzene rings is 1. The van der Waals surface area contributed by atoms with E-state index in [-0.39, 0.29) is 11.9 Å². The number of imidazole rings is 1. The number of hydrogen-bond donors (Lipinski definition) is 2. The first-order valence-corrected chi connectivity index (χ1v) is 6.92. The number of carbonyl (C=O) groups excluding carboxylic acids is 1. The predicted molar refractivity (Wildman–Crippen MR) is 76.9 cm³/mol. The van der Waals surface area contributed by atoms with Crippen LogP contribution in [0.4, 0.5) is 0 Å². The number of aromatic amines is 1. The lowest BCUT2D eigenvalue weighted by Gasteiger charge is -2.20. The van der Waals surface area contributed by atoms with Crippen LogP contribution in [0.5, 0.6) is 11.5 Å². The Morgan fingerprint density at radius 1 is 1.43 bits per heavy atom. The number of fused-ring (bicyclic) bond motifs is 1. The van der Waals surface area contributed by atoms with E-state index in [2.05, 4.69) is 15.3 Å². The fraction of sp³-hybridized carbons (Fsp3) is 0.286. The normalized spacial score (nSPS) is 14.6. The van der Waals surface area contributed by atoms with Gasteiger partial charge in [-0.3, -0.25) is 4.79 Å². The zero-order chi connectivity index (χ0) is 14.8. The SMILES string of the molecule is CC(NC(=O)c1cc(Cl)c2c(c1)OCCO2)c1ncc[nH]1. The molecule has 1 amide bonds. The number of hydrogen-bond acceptors (Lipinski definition) is 4. The molecule has 6 nitrogen and oxygen atoms in total. The number of ether oxygens (including phenoxy) is 2. The molecule has 0 aliphatic carbocycles. The standard InChI is InChI=1S/C14H14ClN3O3/c1-8(13-16-2-3-17-13)18-14(19)9-6-10(15)12-11(7-9)20-4-5-21-12/h2-3,6-8H,4-5H2,1H3,(H,16,17)(H,18,19). The molecule has 21 heavy (non-hydrogen) atoms. The molecule has 1 aliphatic rings. The molecule has 1 aromatic carbocycles. The highest BCUT2D eigenvalue weighted by molar-refractivity contribution is 6.32. The van der Waals surface area contributed by atoms with Gasteiger partial charge < -0.3 is 19.8 Å². The molecule has 2 N–H and O–H groups in total. The minimum absolute atomic E-state index is 0.237. The molecule has 0 spiro atoms. The molecule has 0 fully saturated rings. The van der Waals surface area contributed by atoms with E-state index in [1.165, 1.54) is 0 Å². The molecule has 3 rings (SSSR count). The van der Waals surface area contributed by atoms with Crippen molar-refractivity contribution in [1.82, 2.24) is 15.3 Å². The molecule has 0 radical (unpaired) electrons. The van der Waals surface area contributed by atoms with E-state index >= 15 is 0 Å². The molecule has 110 valence electrons. The van der Waals surface area contributed by atoms with Gasteiger partial charge in [-0.25, -0.2) is 4.98 Å². The monoisotopic (exact) mass is 307 g/mol. The predicted octanol–water partition coefficient (Wildman–Crippen LogP) is 2.33. The van der Waals surface area contributed by atoms with E-state index in [9.17, 15) is 4.79 Å². The van der Waals surface area contributed by atoms with Crippen LogP contribution in [0.3, 0.4) is 0 Å². The Morgan fingerprint density at radius 3 is 3.00 bits per heavy atom. The second-order valence-electron chi connectivity index (χ2n) is 4.65. The Labute approximate surface area is 126 Å². The van der Waals surface area contributed by atoms with Crippen molar-refractivity contribution < 1.29 is 14.3 Å². The Kier molecular flexibility index (Phi) is 3.70. The second kappa shape index (κ2) is 5.65. The summed E-state index contributed by atoms with van der Waals surface area (Å²) in [7, 11) is 0. The Morgan fingerprint density at radius 2 is 2.24 bits per heavy atom. The van der Waals surface area contributed by atoms with Crippen LogP contribution in [0, 0.1) is 0 Å². The lowest BCUT2D eigenvalue weighted by molar-refractivity contribution is 0.0937. The smallest absolute Gasteiger partial charge is 0.252 e. The van der Waals surface area contributed by atoms with Crippen molar-refractivity contribution in [1.29, 1.82) is 0 Å². The van der Waals surface area contributed by atoms with Gasteiger partial charge in [-0.15, -0.1) is 0 Å². The number of nitrogens with one attached hydrogen (secondary N) is 2. The van der Waals surface area contributed by atoms with Crippen LogP contribution in [0.15, 0.2) is 24.5 Å². The Hall–Kier alpha value is -2.21. The molecule has 0 saturated carbocycles. The summed E-state index contributed by atoms with van der Waals surface area (Å²) < 4.78 is 10.9. The highest BCUT2D eigenvalue weighted by atomic mass is 35.5. The van der Waals surface area contributed by atoms with Crippen molar-refractivity contribution in [3.05, 3.63) is 40.9 Å². The number of rotatable bonds is 3. The molecule has 0 saturated heterocycles. The largest absolute Gasteiger partial charge is 0.486 e. The molecule has 1 atom stereocenters. The van der Waals surface area contributed by atoms with E-state index in [1.807, 2.05) is 6.92 Å². The summed E-state index contributed by atoms with van der Waals surface area (Å²) in [6.07, 6.45) is 3.35. The van der Waals surface area contributed by atoms with Gasteiger partial charge in [0.15, 0.2) is 11.5 Å². The van der Waals surface area contributed by atoms with Gasteiger partial charge >= 0.3 is 0 Å². The zero-order valence-electron chi connectivity index (χ0n) is 11.4. The zero-order valence-corrected chi connectivity index (χ0v) is 12.1. The van der Waals surface area contributed by atoms with Gasteiger partial charge in [0.25, 0.3) is 5.91 Å². The molecule has 0 bridgehead atoms.